The van der Waals surface area contributed by atoms with E-state index < -0.39 is 0 Å². The van der Waals surface area contributed by atoms with Crippen molar-refractivity contribution in [2.45, 2.75) is 26.3 Å². The molecule has 3 heteroatoms. The summed E-state index contributed by atoms with van der Waals surface area (Å²) in [7, 11) is 0. The van der Waals surface area contributed by atoms with Crippen LogP contribution in [0.25, 0.3) is 0 Å². The van der Waals surface area contributed by atoms with Gasteiger partial charge in [-0.2, -0.15) is 0 Å². The zero-order valence-electron chi connectivity index (χ0n) is 11.6. The molecule has 0 spiro atoms. The minimum atomic E-state index is 0.00727. The fraction of sp³-hybridized carbons (Fsp3) is 0.400. The van der Waals surface area contributed by atoms with Crippen LogP contribution in [0.15, 0.2) is 43.5 Å². The third kappa shape index (κ3) is 4.62. The molecule has 0 radical (unpaired) electrons. The van der Waals surface area contributed by atoms with E-state index in [9.17, 15) is 0 Å². The maximum Gasteiger partial charge on any atom is 0.131 e. The first-order valence-corrected chi connectivity index (χ1v) is 6.18. The summed E-state index contributed by atoms with van der Waals surface area (Å²) in [6, 6.07) is 5.99. The van der Waals surface area contributed by atoms with E-state index >= 15 is 0 Å². The Hall–Kier alpha value is -1.77. The lowest BCUT2D eigenvalue weighted by molar-refractivity contribution is 0.630. The van der Waals surface area contributed by atoms with Crippen LogP contribution < -0.4 is 10.2 Å². The summed E-state index contributed by atoms with van der Waals surface area (Å²) >= 11 is 0. The lowest BCUT2D eigenvalue weighted by Crippen LogP contribution is -2.28. The van der Waals surface area contributed by atoms with Crippen LogP contribution in [0.1, 0.15) is 20.8 Å². The number of hydrogen-bond donors (Lipinski definition) is 1. The van der Waals surface area contributed by atoms with Gasteiger partial charge in [0.1, 0.15) is 11.6 Å². The van der Waals surface area contributed by atoms with Gasteiger partial charge in [0.25, 0.3) is 0 Å². The third-order valence-corrected chi connectivity index (χ3v) is 2.26. The van der Waals surface area contributed by atoms with E-state index in [0.717, 1.165) is 24.7 Å². The summed E-state index contributed by atoms with van der Waals surface area (Å²) in [6.45, 7) is 15.4. The number of nitrogens with zero attached hydrogens (tertiary/aromatic N) is 2. The van der Waals surface area contributed by atoms with Gasteiger partial charge in [0.2, 0.25) is 0 Å². The largest absolute Gasteiger partial charge is 0.365 e. The van der Waals surface area contributed by atoms with Crippen molar-refractivity contribution in [1.29, 1.82) is 0 Å². The van der Waals surface area contributed by atoms with Crippen molar-refractivity contribution >= 4 is 11.6 Å². The standard InChI is InChI=1S/C15H23N3/c1-6-11-18(12-7-2)14-10-8-9-13(16-14)17-15(3,4)5/h6-10H,1-2,11-12H2,3-5H3,(H,16,17). The van der Waals surface area contributed by atoms with E-state index in [1.165, 1.54) is 0 Å². The molecule has 0 atom stereocenters. The molecule has 18 heavy (non-hydrogen) atoms. The van der Waals surface area contributed by atoms with E-state index in [1.807, 2.05) is 30.4 Å². The van der Waals surface area contributed by atoms with Gasteiger partial charge in [-0.3, -0.25) is 0 Å². The van der Waals surface area contributed by atoms with E-state index in [2.05, 4.69) is 49.1 Å². The van der Waals surface area contributed by atoms with Crippen molar-refractivity contribution in [3.05, 3.63) is 43.5 Å². The highest BCUT2D eigenvalue weighted by molar-refractivity contribution is 5.48. The highest BCUT2D eigenvalue weighted by atomic mass is 15.2. The molecular formula is C15H23N3. The quantitative estimate of drug-likeness (QED) is 0.778. The van der Waals surface area contributed by atoms with Gasteiger partial charge >= 0.3 is 0 Å². The van der Waals surface area contributed by atoms with Crippen LogP contribution in [-0.2, 0) is 0 Å². The van der Waals surface area contributed by atoms with E-state index in [-0.39, 0.29) is 5.54 Å². The minimum absolute atomic E-state index is 0.00727. The van der Waals surface area contributed by atoms with E-state index in [0.29, 0.717) is 0 Å². The molecule has 0 saturated carbocycles. The van der Waals surface area contributed by atoms with Crippen molar-refractivity contribution in [3.63, 3.8) is 0 Å². The van der Waals surface area contributed by atoms with Gasteiger partial charge in [-0.1, -0.05) is 18.2 Å². The average molecular weight is 245 g/mol. The van der Waals surface area contributed by atoms with Gasteiger partial charge < -0.3 is 10.2 Å². The maximum absolute atomic E-state index is 4.61. The smallest absolute Gasteiger partial charge is 0.131 e. The van der Waals surface area contributed by atoms with Crippen molar-refractivity contribution in [2.75, 3.05) is 23.3 Å². The minimum Gasteiger partial charge on any atom is -0.365 e. The van der Waals surface area contributed by atoms with Gasteiger partial charge in [-0.05, 0) is 32.9 Å². The number of nitrogens with one attached hydrogen (secondary N) is 1. The predicted molar refractivity (Wildman–Crippen MR) is 80.2 cm³/mol. The first-order valence-electron chi connectivity index (χ1n) is 6.18. The molecule has 0 aliphatic carbocycles. The molecule has 0 aliphatic heterocycles. The number of aromatic nitrogens is 1. The highest BCUT2D eigenvalue weighted by Gasteiger charge is 2.11. The van der Waals surface area contributed by atoms with Gasteiger partial charge in [0.05, 0.1) is 0 Å². The number of anilines is 2. The molecule has 3 nitrogen and oxygen atoms in total. The monoisotopic (exact) mass is 245 g/mol. The van der Waals surface area contributed by atoms with Crippen LogP contribution in [0.2, 0.25) is 0 Å². The van der Waals surface area contributed by atoms with Gasteiger partial charge in [0, 0.05) is 18.6 Å². The Kier molecular flexibility index (Phi) is 4.95. The average Bonchev–Trinajstić information content (AvgIpc) is 2.27. The highest BCUT2D eigenvalue weighted by Crippen LogP contribution is 2.17. The van der Waals surface area contributed by atoms with Crippen LogP contribution in [0, 0.1) is 0 Å². The van der Waals surface area contributed by atoms with Crippen molar-refractivity contribution < 1.29 is 0 Å². The first-order chi connectivity index (χ1) is 8.46. The number of hydrogen-bond acceptors (Lipinski definition) is 3. The zero-order chi connectivity index (χ0) is 13.6. The normalized spacial score (nSPS) is 10.8. The predicted octanol–water partition coefficient (Wildman–Crippen LogP) is 3.47. The Bertz CT molecular complexity index is 394. The zero-order valence-corrected chi connectivity index (χ0v) is 11.6. The van der Waals surface area contributed by atoms with Crippen molar-refractivity contribution in [3.8, 4) is 0 Å². The Morgan fingerprint density at radius 3 is 2.33 bits per heavy atom. The summed E-state index contributed by atoms with van der Waals surface area (Å²) in [6.07, 6.45) is 3.74. The fourth-order valence-electron chi connectivity index (χ4n) is 1.63. The van der Waals surface area contributed by atoms with E-state index in [1.54, 1.807) is 0 Å². The molecule has 0 amide bonds. The van der Waals surface area contributed by atoms with E-state index in [4.69, 9.17) is 0 Å². The van der Waals surface area contributed by atoms with Crippen LogP contribution >= 0.6 is 0 Å². The SMILES string of the molecule is C=CCN(CC=C)c1cccc(NC(C)(C)C)n1. The summed E-state index contributed by atoms with van der Waals surface area (Å²) in [5, 5.41) is 3.37. The molecule has 1 heterocycles. The molecule has 0 unspecified atom stereocenters. The molecule has 98 valence electrons. The Morgan fingerprint density at radius 1 is 1.22 bits per heavy atom. The van der Waals surface area contributed by atoms with Gasteiger partial charge in [-0.25, -0.2) is 4.98 Å². The summed E-state index contributed by atoms with van der Waals surface area (Å²) in [5.74, 6) is 1.82. The second-order valence-corrected chi connectivity index (χ2v) is 5.24. The fourth-order valence-corrected chi connectivity index (χ4v) is 1.63. The number of rotatable bonds is 6. The van der Waals surface area contributed by atoms with Crippen LogP contribution in [0.3, 0.4) is 0 Å². The Balaban J connectivity index is 2.91. The lowest BCUT2D eigenvalue weighted by Gasteiger charge is -2.24. The van der Waals surface area contributed by atoms with Crippen LogP contribution in [0.4, 0.5) is 11.6 Å². The molecule has 1 N–H and O–H groups in total. The number of pyridine rings is 1. The van der Waals surface area contributed by atoms with Crippen LogP contribution in [0.5, 0.6) is 0 Å². The summed E-state index contributed by atoms with van der Waals surface area (Å²) < 4.78 is 0. The molecule has 1 aromatic rings. The third-order valence-electron chi connectivity index (χ3n) is 2.26. The molecule has 0 aliphatic rings. The van der Waals surface area contributed by atoms with Gasteiger partial charge in [0.15, 0.2) is 0 Å². The Morgan fingerprint density at radius 2 is 1.83 bits per heavy atom. The second-order valence-electron chi connectivity index (χ2n) is 5.24. The van der Waals surface area contributed by atoms with Gasteiger partial charge in [-0.15, -0.1) is 13.2 Å². The second kappa shape index (κ2) is 6.24. The van der Waals surface area contributed by atoms with Crippen LogP contribution in [-0.4, -0.2) is 23.6 Å². The maximum atomic E-state index is 4.61. The molecule has 0 saturated heterocycles. The lowest BCUT2D eigenvalue weighted by atomic mass is 10.1. The molecular weight excluding hydrogens is 222 g/mol. The molecule has 0 aromatic carbocycles. The molecule has 0 bridgehead atoms. The summed E-state index contributed by atoms with van der Waals surface area (Å²) in [4.78, 5) is 6.73. The topological polar surface area (TPSA) is 28.2 Å². The molecule has 0 fully saturated rings. The first kappa shape index (κ1) is 14.3. The summed E-state index contributed by atoms with van der Waals surface area (Å²) in [5.41, 5.74) is 0.00727. The molecule has 1 aromatic heterocycles. The van der Waals surface area contributed by atoms with Crippen molar-refractivity contribution in [2.24, 2.45) is 0 Å². The van der Waals surface area contributed by atoms with Crippen molar-refractivity contribution in [1.82, 2.24) is 4.98 Å². The Labute approximate surface area is 110 Å². The molecule has 1 rings (SSSR count).